The number of hydrogen-bond acceptors (Lipinski definition) is 1. The van der Waals surface area contributed by atoms with E-state index in [9.17, 15) is 0 Å². The number of hydrogen-bond donors (Lipinski definition) is 0. The summed E-state index contributed by atoms with van der Waals surface area (Å²) in [6.45, 7) is 4.71. The van der Waals surface area contributed by atoms with Gasteiger partial charge >= 0.3 is 0 Å². The molecule has 13 aromatic rings. The SMILES string of the molecule is [2H]c1c([2H])c([2H])c(-c2cccc(C(c3ccccc3)(c3ccccc3)c3ccc4c(c3)c3ccccc3n4-c3ccc4c(c3)N(c3ccccc3)c3cc(-c5c(-c6ccccc6)cccc5-c5ccccc5)ccc3C4(C)C)c2)c([2H])c1[2H]. The largest absolute Gasteiger partial charge is 0.310 e. The number of benzene rings is 12. The summed E-state index contributed by atoms with van der Waals surface area (Å²) in [6.07, 6.45) is 0. The standard InChI is InChI=1S/C76H56N2/c1-75(2)68-46-43-57(74-64(54-27-11-4-12-28-54)40-24-41-65(74)55-29-13-5-14-30-55)50-72(68)77(62-37-19-8-20-38-62)73-52-63(45-47-69(73)75)78-70-42-22-21-39-66(70)67-51-61(44-48-71(67)78)76(58-32-15-6-16-33-58,59-34-17-7-18-35-59)60-36-23-31-56(49-60)53-25-9-3-10-26-53/h3-52H,1-2H3/i3D,9D,10D,25D,26D. The first-order valence-electron chi connectivity index (χ1n) is 29.3. The lowest BCUT2D eigenvalue weighted by Crippen LogP contribution is -2.31. The Morgan fingerprint density at radius 3 is 1.51 bits per heavy atom. The molecule has 2 heteroatoms. The van der Waals surface area contributed by atoms with Crippen LogP contribution in [0.5, 0.6) is 0 Å². The fourth-order valence-electron chi connectivity index (χ4n) is 12.6. The predicted octanol–water partition coefficient (Wildman–Crippen LogP) is 19.9. The van der Waals surface area contributed by atoms with Crippen LogP contribution in [0.4, 0.5) is 17.1 Å². The molecule has 0 spiro atoms. The summed E-state index contributed by atoms with van der Waals surface area (Å²) in [7, 11) is 0. The third-order valence-corrected chi connectivity index (χ3v) is 16.2. The molecule has 0 aliphatic carbocycles. The quantitative estimate of drug-likeness (QED) is 0.124. The first-order valence-corrected chi connectivity index (χ1v) is 26.8. The lowest BCUT2D eigenvalue weighted by molar-refractivity contribution is 0.632. The van der Waals surface area contributed by atoms with Crippen molar-refractivity contribution in [2.45, 2.75) is 24.7 Å². The molecule has 0 unspecified atom stereocenters. The molecule has 0 radical (unpaired) electrons. The number of para-hydroxylation sites is 2. The van der Waals surface area contributed by atoms with E-state index in [4.69, 9.17) is 6.85 Å². The van der Waals surface area contributed by atoms with Gasteiger partial charge in [-0.05, 0) is 132 Å². The van der Waals surface area contributed by atoms with Gasteiger partial charge in [-0.2, -0.15) is 0 Å². The van der Waals surface area contributed by atoms with E-state index < -0.39 is 11.5 Å². The summed E-state index contributed by atoms with van der Waals surface area (Å²) in [5.41, 5.74) is 19.3. The molecular weight excluding hydrogens is 941 g/mol. The molecule has 2 nitrogen and oxygen atoms in total. The predicted molar refractivity (Wildman–Crippen MR) is 328 cm³/mol. The first-order chi connectivity index (χ1) is 40.5. The summed E-state index contributed by atoms with van der Waals surface area (Å²) in [4.78, 5) is 2.47. The molecule has 1 aliphatic heterocycles. The molecule has 1 aliphatic rings. The molecule has 0 amide bonds. The molecule has 78 heavy (non-hydrogen) atoms. The van der Waals surface area contributed by atoms with Crippen molar-refractivity contribution in [2.24, 2.45) is 0 Å². The second kappa shape index (κ2) is 19.1. The Morgan fingerprint density at radius 1 is 0.346 bits per heavy atom. The molecule has 0 fully saturated rings. The van der Waals surface area contributed by atoms with Crippen LogP contribution in [0.2, 0.25) is 0 Å². The maximum Gasteiger partial charge on any atom is 0.0702 e. The Balaban J connectivity index is 0.979. The zero-order valence-corrected chi connectivity index (χ0v) is 43.4. The summed E-state index contributed by atoms with van der Waals surface area (Å²) >= 11 is 0. The van der Waals surface area contributed by atoms with Crippen molar-refractivity contribution < 1.29 is 6.85 Å². The van der Waals surface area contributed by atoms with Crippen LogP contribution in [-0.4, -0.2) is 4.57 Å². The van der Waals surface area contributed by atoms with Gasteiger partial charge in [0.2, 0.25) is 0 Å². The van der Waals surface area contributed by atoms with Gasteiger partial charge in [0.05, 0.1) is 34.7 Å². The number of fused-ring (bicyclic) bond motifs is 5. The Kier molecular flexibility index (Phi) is 10.2. The van der Waals surface area contributed by atoms with Gasteiger partial charge in [0.1, 0.15) is 0 Å². The minimum atomic E-state index is -0.924. The zero-order chi connectivity index (χ0) is 56.6. The molecule has 0 saturated carbocycles. The van der Waals surface area contributed by atoms with E-state index in [0.29, 0.717) is 5.56 Å². The molecule has 0 atom stereocenters. The number of anilines is 3. The number of nitrogens with zero attached hydrogens (tertiary/aromatic N) is 2. The van der Waals surface area contributed by atoms with Crippen molar-refractivity contribution >= 4 is 38.9 Å². The topological polar surface area (TPSA) is 8.17 Å². The van der Waals surface area contributed by atoms with E-state index in [1.165, 1.54) is 38.9 Å². The second-order valence-corrected chi connectivity index (χ2v) is 20.8. The minimum absolute atomic E-state index is 0.167. The van der Waals surface area contributed by atoms with E-state index in [0.717, 1.165) is 72.4 Å². The Morgan fingerprint density at radius 2 is 0.859 bits per heavy atom. The van der Waals surface area contributed by atoms with Gasteiger partial charge in [-0.1, -0.05) is 262 Å². The number of rotatable bonds is 10. The average molecular weight is 1000 g/mol. The normalized spacial score (nSPS) is 13.7. The maximum absolute atomic E-state index is 9.02. The van der Waals surface area contributed by atoms with E-state index >= 15 is 0 Å². The van der Waals surface area contributed by atoms with Crippen LogP contribution < -0.4 is 4.90 Å². The first kappa shape index (κ1) is 41.5. The Bertz CT molecular complexity index is 4510. The van der Waals surface area contributed by atoms with Gasteiger partial charge < -0.3 is 9.47 Å². The highest BCUT2D eigenvalue weighted by Gasteiger charge is 2.40. The highest BCUT2D eigenvalue weighted by Crippen LogP contribution is 2.55. The molecular formula is C76H56N2. The van der Waals surface area contributed by atoms with Crippen LogP contribution in [0, 0.1) is 0 Å². The maximum atomic E-state index is 9.02. The highest BCUT2D eigenvalue weighted by atomic mass is 15.2. The fourth-order valence-corrected chi connectivity index (χ4v) is 12.6. The molecule has 12 aromatic carbocycles. The van der Waals surface area contributed by atoms with Crippen molar-refractivity contribution in [3.8, 4) is 50.2 Å². The van der Waals surface area contributed by atoms with Crippen molar-refractivity contribution in [2.75, 3.05) is 4.90 Å². The summed E-state index contributed by atoms with van der Waals surface area (Å²) in [5, 5.41) is 2.18. The van der Waals surface area contributed by atoms with Crippen LogP contribution in [0.1, 0.15) is 54.1 Å². The van der Waals surface area contributed by atoms with Crippen molar-refractivity contribution in [1.82, 2.24) is 4.57 Å². The Labute approximate surface area is 464 Å². The van der Waals surface area contributed by atoms with Crippen LogP contribution in [0.25, 0.3) is 72.0 Å². The second-order valence-electron chi connectivity index (χ2n) is 20.8. The van der Waals surface area contributed by atoms with E-state index in [1.54, 1.807) is 0 Å². The summed E-state index contributed by atoms with van der Waals surface area (Å²) in [6, 6.07) is 95.8. The summed E-state index contributed by atoms with van der Waals surface area (Å²) in [5.74, 6) is 0. The van der Waals surface area contributed by atoms with Gasteiger partial charge in [-0.15, -0.1) is 0 Å². The van der Waals surface area contributed by atoms with E-state index in [2.05, 4.69) is 266 Å². The number of aromatic nitrogens is 1. The molecule has 0 bridgehead atoms. The van der Waals surface area contributed by atoms with E-state index in [-0.39, 0.29) is 35.1 Å². The lowest BCUT2D eigenvalue weighted by Gasteiger charge is -2.42. The highest BCUT2D eigenvalue weighted by molar-refractivity contribution is 6.10. The molecule has 1 aromatic heterocycles. The molecule has 0 saturated heterocycles. The fraction of sp³-hybridized carbons (Fsp3) is 0.0526. The van der Waals surface area contributed by atoms with Gasteiger partial charge in [0, 0.05) is 27.6 Å². The van der Waals surface area contributed by atoms with Gasteiger partial charge in [-0.3, -0.25) is 0 Å². The zero-order valence-electron chi connectivity index (χ0n) is 48.4. The monoisotopic (exact) mass is 1000 g/mol. The third-order valence-electron chi connectivity index (χ3n) is 16.2. The average Bonchev–Trinajstić information content (AvgIpc) is 2.10. The lowest BCUT2D eigenvalue weighted by atomic mass is 9.64. The smallest absolute Gasteiger partial charge is 0.0702 e. The molecule has 14 rings (SSSR count). The van der Waals surface area contributed by atoms with Crippen LogP contribution in [0.15, 0.2) is 303 Å². The van der Waals surface area contributed by atoms with Gasteiger partial charge in [0.15, 0.2) is 0 Å². The third kappa shape index (κ3) is 7.63. The van der Waals surface area contributed by atoms with Crippen LogP contribution in [-0.2, 0) is 10.8 Å². The van der Waals surface area contributed by atoms with Crippen molar-refractivity contribution in [3.63, 3.8) is 0 Å². The van der Waals surface area contributed by atoms with Gasteiger partial charge in [0.25, 0.3) is 0 Å². The summed E-state index contributed by atoms with van der Waals surface area (Å²) < 4.78 is 46.0. The van der Waals surface area contributed by atoms with Gasteiger partial charge in [-0.25, -0.2) is 0 Å². The molecule has 370 valence electrons. The minimum Gasteiger partial charge on any atom is -0.310 e. The molecule has 2 heterocycles. The van der Waals surface area contributed by atoms with Crippen LogP contribution >= 0.6 is 0 Å². The Hall–Kier alpha value is -9.76. The molecule has 0 N–H and O–H groups in total. The van der Waals surface area contributed by atoms with Crippen molar-refractivity contribution in [1.29, 1.82) is 0 Å². The van der Waals surface area contributed by atoms with Crippen LogP contribution in [0.3, 0.4) is 0 Å². The van der Waals surface area contributed by atoms with E-state index in [1.807, 2.05) is 30.3 Å². The van der Waals surface area contributed by atoms with Crippen molar-refractivity contribution in [3.05, 3.63) is 337 Å².